The number of carbonyl (C=O) groups excluding carboxylic acids is 1. The molecule has 34 heavy (non-hydrogen) atoms. The molecule has 9 heteroatoms. The zero-order valence-electron chi connectivity index (χ0n) is 20.2. The Morgan fingerprint density at radius 3 is 2.44 bits per heavy atom. The number of amides is 2. The molecule has 0 bridgehead atoms. The topological polar surface area (TPSA) is 79.7 Å². The van der Waals surface area contributed by atoms with Crippen LogP contribution in [0, 0.1) is 5.41 Å². The number of aromatic nitrogens is 1. The molecule has 0 saturated carbocycles. The quantitative estimate of drug-likeness (QED) is 0.675. The smallest absolute Gasteiger partial charge is 0.330 e. The summed E-state index contributed by atoms with van der Waals surface area (Å²) in [6.07, 6.45) is 1.88. The van der Waals surface area contributed by atoms with Gasteiger partial charge in [-0.3, -0.25) is 14.8 Å². The Morgan fingerprint density at radius 2 is 1.76 bits per heavy atom. The van der Waals surface area contributed by atoms with Gasteiger partial charge < -0.3 is 19.1 Å². The maximum atomic E-state index is 13.9. The van der Waals surface area contributed by atoms with E-state index in [0.29, 0.717) is 50.2 Å². The van der Waals surface area contributed by atoms with Crippen molar-refractivity contribution < 1.29 is 19.0 Å². The number of hydrogen-bond acceptors (Lipinski definition) is 7. The second-order valence-corrected chi connectivity index (χ2v) is 9.64. The third-order valence-electron chi connectivity index (χ3n) is 6.44. The minimum Gasteiger partial charge on any atom is -0.497 e. The number of urea groups is 1. The fourth-order valence-corrected chi connectivity index (χ4v) is 4.64. The number of anilines is 2. The molecule has 0 atom stereocenters. The van der Waals surface area contributed by atoms with E-state index in [4.69, 9.17) is 24.2 Å². The van der Waals surface area contributed by atoms with Gasteiger partial charge in [-0.25, -0.2) is 9.78 Å². The highest BCUT2D eigenvalue weighted by atomic mass is 16.5. The minimum atomic E-state index is -0.102. The number of pyridine rings is 1. The highest BCUT2D eigenvalue weighted by molar-refractivity contribution is 6.18. The summed E-state index contributed by atoms with van der Waals surface area (Å²) in [5.41, 5.74) is 3.29. The lowest BCUT2D eigenvalue weighted by molar-refractivity contribution is 0.122. The Kier molecular flexibility index (Phi) is 5.81. The summed E-state index contributed by atoms with van der Waals surface area (Å²) in [6.45, 7) is 8.81. The van der Waals surface area contributed by atoms with Crippen molar-refractivity contribution in [3.63, 3.8) is 0 Å². The molecule has 0 unspecified atom stereocenters. The van der Waals surface area contributed by atoms with E-state index >= 15 is 0 Å². The lowest BCUT2D eigenvalue weighted by atomic mass is 9.90. The summed E-state index contributed by atoms with van der Waals surface area (Å²) in [5.74, 6) is 2.02. The van der Waals surface area contributed by atoms with E-state index in [1.54, 1.807) is 24.0 Å². The third kappa shape index (κ3) is 4.16. The van der Waals surface area contributed by atoms with Crippen LogP contribution in [0.25, 0.3) is 0 Å². The molecule has 2 aromatic rings. The van der Waals surface area contributed by atoms with Crippen LogP contribution in [0.3, 0.4) is 0 Å². The Bertz CT molecular complexity index is 1100. The second kappa shape index (κ2) is 8.79. The van der Waals surface area contributed by atoms with Crippen LogP contribution in [0.1, 0.15) is 25.1 Å². The van der Waals surface area contributed by atoms with Crippen LogP contribution >= 0.6 is 0 Å². The van der Waals surface area contributed by atoms with Gasteiger partial charge in [0, 0.05) is 37.7 Å². The van der Waals surface area contributed by atoms with Crippen molar-refractivity contribution in [2.75, 3.05) is 63.4 Å². The van der Waals surface area contributed by atoms with Gasteiger partial charge in [0.1, 0.15) is 17.2 Å². The number of rotatable bonds is 5. The number of hydrogen-bond donors (Lipinski definition) is 0. The minimum absolute atomic E-state index is 0.0956. The van der Waals surface area contributed by atoms with Crippen molar-refractivity contribution in [3.05, 3.63) is 41.7 Å². The maximum absolute atomic E-state index is 13.9. The molecule has 1 fully saturated rings. The van der Waals surface area contributed by atoms with Gasteiger partial charge in [-0.05, 0) is 23.8 Å². The van der Waals surface area contributed by atoms with Crippen LogP contribution < -0.4 is 19.3 Å². The van der Waals surface area contributed by atoms with Gasteiger partial charge in [0.25, 0.3) is 0 Å². The molecule has 2 amide bonds. The van der Waals surface area contributed by atoms with Gasteiger partial charge in [-0.2, -0.15) is 0 Å². The molecule has 4 heterocycles. The molecule has 1 saturated heterocycles. The van der Waals surface area contributed by atoms with Crippen LogP contribution in [0.5, 0.6) is 11.5 Å². The number of aliphatic imine (C=N–C) groups is 1. The van der Waals surface area contributed by atoms with Crippen molar-refractivity contribution in [1.29, 1.82) is 0 Å². The molecule has 0 aliphatic carbocycles. The monoisotopic (exact) mass is 465 g/mol. The molecule has 0 radical (unpaired) electrons. The van der Waals surface area contributed by atoms with Crippen molar-refractivity contribution in [1.82, 2.24) is 9.88 Å². The molecule has 3 aliphatic heterocycles. The molecule has 1 aromatic carbocycles. The first-order chi connectivity index (χ1) is 16.4. The van der Waals surface area contributed by atoms with Gasteiger partial charge in [0.15, 0.2) is 5.84 Å². The van der Waals surface area contributed by atoms with E-state index in [1.807, 2.05) is 24.4 Å². The van der Waals surface area contributed by atoms with Crippen molar-refractivity contribution in [2.24, 2.45) is 10.4 Å². The van der Waals surface area contributed by atoms with Crippen molar-refractivity contribution in [3.8, 4) is 11.5 Å². The third-order valence-corrected chi connectivity index (χ3v) is 6.44. The van der Waals surface area contributed by atoms with Crippen LogP contribution in [0.2, 0.25) is 0 Å². The number of benzene rings is 1. The molecule has 3 aliphatic rings. The lowest BCUT2D eigenvalue weighted by Crippen LogP contribution is -2.56. The average Bonchev–Trinajstić information content (AvgIpc) is 2.86. The number of methoxy groups -OCH3 is 2. The van der Waals surface area contributed by atoms with Gasteiger partial charge in [0.05, 0.1) is 51.5 Å². The second-order valence-electron chi connectivity index (χ2n) is 9.64. The Labute approximate surface area is 199 Å². The molecular formula is C25H31N5O4. The van der Waals surface area contributed by atoms with E-state index < -0.39 is 0 Å². The van der Waals surface area contributed by atoms with Gasteiger partial charge >= 0.3 is 6.03 Å². The molecule has 1 aromatic heterocycles. The summed E-state index contributed by atoms with van der Waals surface area (Å²) in [5, 5.41) is 0. The van der Waals surface area contributed by atoms with Crippen LogP contribution in [0.4, 0.5) is 16.2 Å². The van der Waals surface area contributed by atoms with E-state index in [9.17, 15) is 4.79 Å². The Morgan fingerprint density at radius 1 is 1.06 bits per heavy atom. The first kappa shape index (κ1) is 22.5. The molecule has 9 nitrogen and oxygen atoms in total. The fraction of sp³-hybridized carbons (Fsp3) is 0.480. The number of morpholine rings is 1. The van der Waals surface area contributed by atoms with Crippen molar-refractivity contribution >= 4 is 23.2 Å². The summed E-state index contributed by atoms with van der Waals surface area (Å²) in [4.78, 5) is 29.3. The predicted octanol–water partition coefficient (Wildman–Crippen LogP) is 3.16. The first-order valence-electron chi connectivity index (χ1n) is 11.6. The largest absolute Gasteiger partial charge is 0.497 e. The number of fused-ring (bicyclic) bond motifs is 3. The summed E-state index contributed by atoms with van der Waals surface area (Å²) in [7, 11) is 3.24. The standard InChI is InChI=1S/C25H31N5O4/c1-25(2)15-27-23-22-21(11-18(13-26-22)28-5-7-34-8-6-28)29(24(31)30(23)16-25)14-17-9-19(32-3)12-20(10-17)33-4/h9-13H,5-8,14-16H2,1-4H3. The van der Waals surface area contributed by atoms with Gasteiger partial charge in [-0.1, -0.05) is 13.8 Å². The molecule has 0 spiro atoms. The fourth-order valence-electron chi connectivity index (χ4n) is 4.64. The van der Waals surface area contributed by atoms with E-state index in [2.05, 4.69) is 24.8 Å². The normalized spacial score (nSPS) is 19.4. The summed E-state index contributed by atoms with van der Waals surface area (Å²) in [6, 6.07) is 7.65. The molecule has 5 rings (SSSR count). The molecular weight excluding hydrogens is 434 g/mol. The number of amidine groups is 1. The lowest BCUT2D eigenvalue weighted by Gasteiger charge is -2.43. The maximum Gasteiger partial charge on any atom is 0.330 e. The Hall–Kier alpha value is -3.33. The average molecular weight is 466 g/mol. The van der Waals surface area contributed by atoms with Gasteiger partial charge in [-0.15, -0.1) is 0 Å². The van der Waals surface area contributed by atoms with E-state index in [1.165, 1.54) is 0 Å². The summed E-state index contributed by atoms with van der Waals surface area (Å²) >= 11 is 0. The molecule has 180 valence electrons. The van der Waals surface area contributed by atoms with Crippen molar-refractivity contribution in [2.45, 2.75) is 20.4 Å². The highest BCUT2D eigenvalue weighted by Crippen LogP contribution is 2.37. The zero-order chi connectivity index (χ0) is 23.9. The zero-order valence-corrected chi connectivity index (χ0v) is 20.2. The highest BCUT2D eigenvalue weighted by Gasteiger charge is 2.42. The number of ether oxygens (including phenoxy) is 3. The number of nitrogens with zero attached hydrogens (tertiary/aromatic N) is 5. The first-order valence-corrected chi connectivity index (χ1v) is 11.6. The number of carbonyl (C=O) groups is 1. The molecule has 0 N–H and O–H groups in total. The predicted molar refractivity (Wildman–Crippen MR) is 130 cm³/mol. The van der Waals surface area contributed by atoms with E-state index in [-0.39, 0.29) is 11.4 Å². The van der Waals surface area contributed by atoms with Crippen LogP contribution in [0.15, 0.2) is 35.5 Å². The Balaban J connectivity index is 1.59. The summed E-state index contributed by atoms with van der Waals surface area (Å²) < 4.78 is 16.4. The van der Waals surface area contributed by atoms with Gasteiger partial charge in [0.2, 0.25) is 0 Å². The van der Waals surface area contributed by atoms with Crippen LogP contribution in [-0.4, -0.2) is 75.4 Å². The van der Waals surface area contributed by atoms with Crippen LogP contribution in [-0.2, 0) is 11.3 Å². The SMILES string of the molecule is COc1cc(CN2C(=O)N3CC(C)(C)CN=C3c3ncc(N4CCOCC4)cc32)cc(OC)c1. The van der Waals surface area contributed by atoms with E-state index in [0.717, 1.165) is 35.7 Å².